The Kier molecular flexibility index (Phi) is 11.1. The van der Waals surface area contributed by atoms with E-state index in [9.17, 15) is 9.59 Å². The van der Waals surface area contributed by atoms with E-state index in [1.54, 1.807) is 28.8 Å². The molecule has 0 spiro atoms. The van der Waals surface area contributed by atoms with Crippen LogP contribution in [0.4, 0.5) is 0 Å². The molecule has 2 amide bonds. The van der Waals surface area contributed by atoms with Crippen LogP contribution >= 0.6 is 35.0 Å². The Morgan fingerprint density at radius 2 is 1.70 bits per heavy atom. The molecular formula is C26H34Cl2N2O2S. The van der Waals surface area contributed by atoms with Gasteiger partial charge in [0.05, 0.1) is 5.75 Å². The Morgan fingerprint density at radius 3 is 2.27 bits per heavy atom. The maximum atomic E-state index is 13.4. The first-order valence-electron chi connectivity index (χ1n) is 11.3. The van der Waals surface area contributed by atoms with Crippen LogP contribution in [0.25, 0.3) is 0 Å². The average molecular weight is 510 g/mol. The molecule has 0 unspecified atom stereocenters. The van der Waals surface area contributed by atoms with Crippen LogP contribution in [-0.2, 0) is 21.9 Å². The normalized spacial score (nSPS) is 12.8. The van der Waals surface area contributed by atoms with Gasteiger partial charge in [-0.15, -0.1) is 11.8 Å². The Morgan fingerprint density at radius 1 is 1.03 bits per heavy atom. The number of halogens is 2. The van der Waals surface area contributed by atoms with Gasteiger partial charge in [0.2, 0.25) is 11.8 Å². The largest absolute Gasteiger partial charge is 0.352 e. The lowest BCUT2D eigenvalue weighted by Gasteiger charge is -2.31. The molecule has 2 aromatic rings. The van der Waals surface area contributed by atoms with E-state index in [0.717, 1.165) is 17.7 Å². The minimum Gasteiger partial charge on any atom is -0.352 e. The van der Waals surface area contributed by atoms with E-state index in [-0.39, 0.29) is 30.2 Å². The van der Waals surface area contributed by atoms with Crippen LogP contribution < -0.4 is 5.32 Å². The van der Waals surface area contributed by atoms with Crippen LogP contribution in [0.1, 0.15) is 55.9 Å². The van der Waals surface area contributed by atoms with Gasteiger partial charge in [-0.05, 0) is 56.9 Å². The minimum absolute atomic E-state index is 0.0431. The van der Waals surface area contributed by atoms with Crippen molar-refractivity contribution in [3.63, 3.8) is 0 Å². The van der Waals surface area contributed by atoms with Gasteiger partial charge in [-0.2, -0.15) is 0 Å². The maximum Gasteiger partial charge on any atom is 0.243 e. The zero-order valence-corrected chi connectivity index (χ0v) is 22.4. The molecule has 2 atom stereocenters. The summed E-state index contributed by atoms with van der Waals surface area (Å²) >= 11 is 14.0. The van der Waals surface area contributed by atoms with E-state index in [1.165, 1.54) is 16.7 Å². The van der Waals surface area contributed by atoms with Crippen molar-refractivity contribution < 1.29 is 9.59 Å². The second-order valence-electron chi connectivity index (χ2n) is 8.49. The van der Waals surface area contributed by atoms with Crippen molar-refractivity contribution in [1.29, 1.82) is 0 Å². The maximum absolute atomic E-state index is 13.4. The number of carbonyl (C=O) groups excluding carboxylic acids is 2. The number of amides is 2. The van der Waals surface area contributed by atoms with Crippen LogP contribution in [0.15, 0.2) is 36.4 Å². The van der Waals surface area contributed by atoms with Crippen molar-refractivity contribution in [1.82, 2.24) is 10.2 Å². The Hall–Kier alpha value is -1.69. The van der Waals surface area contributed by atoms with E-state index >= 15 is 0 Å². The van der Waals surface area contributed by atoms with Crippen LogP contribution in [0, 0.1) is 13.8 Å². The molecule has 0 aromatic heterocycles. The summed E-state index contributed by atoms with van der Waals surface area (Å²) in [6, 6.07) is 11.1. The van der Waals surface area contributed by atoms with Crippen molar-refractivity contribution in [2.45, 2.75) is 71.8 Å². The summed E-state index contributed by atoms with van der Waals surface area (Å²) in [6.07, 6.45) is 1.34. The predicted molar refractivity (Wildman–Crippen MR) is 141 cm³/mol. The van der Waals surface area contributed by atoms with Gasteiger partial charge in [0.15, 0.2) is 0 Å². The molecule has 0 bridgehead atoms. The predicted octanol–water partition coefficient (Wildman–Crippen LogP) is 6.57. The summed E-state index contributed by atoms with van der Waals surface area (Å²) in [5.74, 6) is 0.802. The molecule has 1 N–H and O–H groups in total. The van der Waals surface area contributed by atoms with Crippen molar-refractivity contribution >= 4 is 46.8 Å². The lowest BCUT2D eigenvalue weighted by molar-refractivity contribution is -0.139. The highest BCUT2D eigenvalue weighted by atomic mass is 35.5. The lowest BCUT2D eigenvalue weighted by atomic mass is 10.1. The van der Waals surface area contributed by atoms with Gasteiger partial charge in [-0.3, -0.25) is 9.59 Å². The molecule has 0 aliphatic rings. The molecule has 180 valence electrons. The molecule has 0 aliphatic carbocycles. The van der Waals surface area contributed by atoms with Crippen LogP contribution in [0.5, 0.6) is 0 Å². The number of hydrogen-bond donors (Lipinski definition) is 1. The molecule has 0 heterocycles. The number of thioether (sulfide) groups is 1. The number of hydrogen-bond acceptors (Lipinski definition) is 3. The topological polar surface area (TPSA) is 49.4 Å². The van der Waals surface area contributed by atoms with E-state index in [2.05, 4.69) is 37.4 Å². The highest BCUT2D eigenvalue weighted by Crippen LogP contribution is 2.25. The fourth-order valence-corrected chi connectivity index (χ4v) is 5.00. The zero-order valence-electron chi connectivity index (χ0n) is 20.1. The van der Waals surface area contributed by atoms with Gasteiger partial charge >= 0.3 is 0 Å². The molecule has 0 saturated carbocycles. The quantitative estimate of drug-likeness (QED) is 0.373. The molecule has 2 rings (SSSR count). The number of rotatable bonds is 11. The van der Waals surface area contributed by atoms with Gasteiger partial charge < -0.3 is 10.2 Å². The zero-order chi connectivity index (χ0) is 24.5. The first kappa shape index (κ1) is 27.6. The van der Waals surface area contributed by atoms with Crippen molar-refractivity contribution in [2.24, 2.45) is 0 Å². The molecule has 7 heteroatoms. The Bertz CT molecular complexity index is 947. The average Bonchev–Trinajstić information content (AvgIpc) is 2.74. The lowest BCUT2D eigenvalue weighted by Crippen LogP contribution is -2.51. The summed E-state index contributed by atoms with van der Waals surface area (Å²) in [5, 5.41) is 4.05. The number of nitrogens with zero attached hydrogens (tertiary/aromatic N) is 1. The fraction of sp³-hybridized carbons (Fsp3) is 0.462. The smallest absolute Gasteiger partial charge is 0.243 e. The summed E-state index contributed by atoms with van der Waals surface area (Å²) in [7, 11) is 0. The van der Waals surface area contributed by atoms with Crippen LogP contribution in [0.3, 0.4) is 0 Å². The van der Waals surface area contributed by atoms with E-state index in [1.807, 2.05) is 26.8 Å². The molecular weight excluding hydrogens is 475 g/mol. The second-order valence-corrected chi connectivity index (χ2v) is 10.3. The molecule has 0 saturated heterocycles. The number of carbonyl (C=O) groups is 2. The molecule has 33 heavy (non-hydrogen) atoms. The van der Waals surface area contributed by atoms with E-state index in [4.69, 9.17) is 23.2 Å². The van der Waals surface area contributed by atoms with E-state index < -0.39 is 6.04 Å². The van der Waals surface area contributed by atoms with Gasteiger partial charge in [-0.25, -0.2) is 0 Å². The van der Waals surface area contributed by atoms with Gasteiger partial charge in [0.1, 0.15) is 6.04 Å². The molecule has 4 nitrogen and oxygen atoms in total. The first-order chi connectivity index (χ1) is 15.6. The number of aryl methyl sites for hydroxylation is 2. The Balaban J connectivity index is 2.20. The third-order valence-corrected chi connectivity index (χ3v) is 7.09. The van der Waals surface area contributed by atoms with Crippen molar-refractivity contribution in [2.75, 3.05) is 5.75 Å². The molecule has 0 aliphatic heterocycles. The second kappa shape index (κ2) is 13.3. The standard InChI is InChI=1S/C26H34Cl2N2O2S/c1-6-19(5)29-26(32)24(7-2)30(14-21-8-9-22(27)13-23(21)28)25(31)16-33-15-20-11-17(3)10-18(4)12-20/h8-13,19,24H,6-7,14-16H2,1-5H3,(H,29,32)/t19-,24-/m0/s1. The first-order valence-corrected chi connectivity index (χ1v) is 13.2. The monoisotopic (exact) mass is 508 g/mol. The third-order valence-electron chi connectivity index (χ3n) is 5.52. The molecule has 2 aromatic carbocycles. The molecule has 0 radical (unpaired) electrons. The number of benzene rings is 2. The molecule has 0 fully saturated rings. The highest BCUT2D eigenvalue weighted by molar-refractivity contribution is 7.99. The van der Waals surface area contributed by atoms with Crippen molar-refractivity contribution in [3.05, 3.63) is 68.7 Å². The van der Waals surface area contributed by atoms with Crippen molar-refractivity contribution in [3.8, 4) is 0 Å². The summed E-state index contributed by atoms with van der Waals surface area (Å²) < 4.78 is 0. The third kappa shape index (κ3) is 8.55. The summed E-state index contributed by atoms with van der Waals surface area (Å²) in [4.78, 5) is 28.0. The Labute approximate surface area is 212 Å². The van der Waals surface area contributed by atoms with E-state index in [0.29, 0.717) is 16.5 Å². The fourth-order valence-electron chi connectivity index (χ4n) is 3.69. The van der Waals surface area contributed by atoms with Gasteiger partial charge in [0.25, 0.3) is 0 Å². The summed E-state index contributed by atoms with van der Waals surface area (Å²) in [5.41, 5.74) is 4.38. The van der Waals surface area contributed by atoms with Crippen LogP contribution in [0.2, 0.25) is 10.0 Å². The van der Waals surface area contributed by atoms with Crippen LogP contribution in [-0.4, -0.2) is 34.6 Å². The minimum atomic E-state index is -0.569. The SMILES string of the molecule is CC[C@H](C)NC(=O)[C@H](CC)N(Cc1ccc(Cl)cc1Cl)C(=O)CSCc1cc(C)cc(C)c1. The highest BCUT2D eigenvalue weighted by Gasteiger charge is 2.29. The van der Waals surface area contributed by atoms with Gasteiger partial charge in [0, 0.05) is 28.4 Å². The number of nitrogens with one attached hydrogen (secondary N) is 1. The summed E-state index contributed by atoms with van der Waals surface area (Å²) in [6.45, 7) is 10.3. The van der Waals surface area contributed by atoms with Gasteiger partial charge in [-0.1, -0.05) is 72.4 Å².